The fraction of sp³-hybridized carbons (Fsp3) is 0.208. The van der Waals surface area contributed by atoms with E-state index in [-0.39, 0.29) is 17.6 Å². The minimum atomic E-state index is -0.392. The van der Waals surface area contributed by atoms with Crippen LogP contribution in [-0.2, 0) is 11.8 Å². The Hall–Kier alpha value is -3.21. The standard InChI is InChI=1S/C24H23ClN6O2S2/c1-14(26-22(33)17-10-7-11-18(25)12-17)21-29-30-24(31(21)3)34-13-19(32)27-23-28-20(15(2)35-23)16-8-5-4-6-9-16/h4-12,14H,13H2,1-3H3,(H,26,33)(H,27,28,32)/t14-/m0/s1. The van der Waals surface area contributed by atoms with Crippen LogP contribution in [0.2, 0.25) is 5.02 Å². The van der Waals surface area contributed by atoms with Crippen molar-refractivity contribution in [2.24, 2.45) is 7.05 Å². The van der Waals surface area contributed by atoms with Gasteiger partial charge < -0.3 is 15.2 Å². The van der Waals surface area contributed by atoms with Gasteiger partial charge in [-0.05, 0) is 32.0 Å². The number of anilines is 1. The van der Waals surface area contributed by atoms with Crippen molar-refractivity contribution in [3.05, 3.63) is 75.9 Å². The molecule has 0 saturated heterocycles. The van der Waals surface area contributed by atoms with Crippen LogP contribution in [0.1, 0.15) is 34.0 Å². The number of aromatic nitrogens is 4. The Bertz CT molecular complexity index is 1360. The van der Waals surface area contributed by atoms with Crippen LogP contribution in [0, 0.1) is 6.92 Å². The Morgan fingerprint density at radius 1 is 1.14 bits per heavy atom. The molecular weight excluding hydrogens is 504 g/mol. The number of thioether (sulfide) groups is 1. The minimum Gasteiger partial charge on any atom is -0.342 e. The first-order chi connectivity index (χ1) is 16.8. The van der Waals surface area contributed by atoms with E-state index in [2.05, 4.69) is 25.8 Å². The minimum absolute atomic E-state index is 0.147. The molecule has 180 valence electrons. The van der Waals surface area contributed by atoms with Gasteiger partial charge in [0.25, 0.3) is 5.91 Å². The number of benzene rings is 2. The lowest BCUT2D eigenvalue weighted by Gasteiger charge is -2.13. The van der Waals surface area contributed by atoms with E-state index in [0.717, 1.165) is 16.1 Å². The second-order valence-electron chi connectivity index (χ2n) is 7.73. The molecule has 0 bridgehead atoms. The number of amides is 2. The number of nitrogens with zero attached hydrogens (tertiary/aromatic N) is 4. The summed E-state index contributed by atoms with van der Waals surface area (Å²) in [5, 5.41) is 15.8. The fourth-order valence-electron chi connectivity index (χ4n) is 3.40. The number of carbonyl (C=O) groups excluding carboxylic acids is 2. The largest absolute Gasteiger partial charge is 0.342 e. The molecule has 4 rings (SSSR count). The Morgan fingerprint density at radius 3 is 2.66 bits per heavy atom. The predicted molar refractivity (Wildman–Crippen MR) is 140 cm³/mol. The third-order valence-electron chi connectivity index (χ3n) is 5.11. The van der Waals surface area contributed by atoms with Gasteiger partial charge in [-0.25, -0.2) is 4.98 Å². The summed E-state index contributed by atoms with van der Waals surface area (Å²) < 4.78 is 1.77. The molecule has 11 heteroatoms. The van der Waals surface area contributed by atoms with Crippen LogP contribution in [0.25, 0.3) is 11.3 Å². The predicted octanol–water partition coefficient (Wildman–Crippen LogP) is 5.12. The molecule has 0 fully saturated rings. The molecule has 0 aliphatic heterocycles. The smallest absolute Gasteiger partial charge is 0.251 e. The average molecular weight is 527 g/mol. The van der Waals surface area contributed by atoms with Crippen LogP contribution in [0.3, 0.4) is 0 Å². The Morgan fingerprint density at radius 2 is 1.91 bits per heavy atom. The molecule has 8 nitrogen and oxygen atoms in total. The van der Waals surface area contributed by atoms with Crippen LogP contribution in [-0.4, -0.2) is 37.3 Å². The second-order valence-corrected chi connectivity index (χ2v) is 10.3. The van der Waals surface area contributed by atoms with Gasteiger partial charge in [0.1, 0.15) is 0 Å². The number of hydrogen-bond donors (Lipinski definition) is 2. The van der Waals surface area contributed by atoms with E-state index in [9.17, 15) is 9.59 Å². The zero-order chi connectivity index (χ0) is 24.9. The molecule has 0 radical (unpaired) electrons. The van der Waals surface area contributed by atoms with Gasteiger partial charge in [-0.15, -0.1) is 21.5 Å². The highest BCUT2D eigenvalue weighted by atomic mass is 35.5. The SMILES string of the molecule is Cc1sc(NC(=O)CSc2nnc([C@H](C)NC(=O)c3cccc(Cl)c3)n2C)nc1-c1ccccc1. The summed E-state index contributed by atoms with van der Waals surface area (Å²) in [5.41, 5.74) is 2.34. The maximum Gasteiger partial charge on any atom is 0.251 e. The summed E-state index contributed by atoms with van der Waals surface area (Å²) >= 11 is 8.68. The molecule has 2 amide bonds. The van der Waals surface area contributed by atoms with Crippen molar-refractivity contribution in [2.75, 3.05) is 11.1 Å². The van der Waals surface area contributed by atoms with Crippen LogP contribution >= 0.6 is 34.7 Å². The van der Waals surface area contributed by atoms with Crippen LogP contribution in [0.5, 0.6) is 0 Å². The Labute approximate surface area is 216 Å². The van der Waals surface area contributed by atoms with Crippen molar-refractivity contribution < 1.29 is 9.59 Å². The molecule has 0 unspecified atom stereocenters. The average Bonchev–Trinajstić information content (AvgIpc) is 3.39. The van der Waals surface area contributed by atoms with Crippen molar-refractivity contribution in [2.45, 2.75) is 25.0 Å². The zero-order valence-corrected chi connectivity index (χ0v) is 21.7. The van der Waals surface area contributed by atoms with E-state index in [1.165, 1.54) is 23.1 Å². The van der Waals surface area contributed by atoms with Gasteiger partial charge in [-0.3, -0.25) is 9.59 Å². The summed E-state index contributed by atoms with van der Waals surface area (Å²) in [6.07, 6.45) is 0. The van der Waals surface area contributed by atoms with E-state index in [4.69, 9.17) is 11.6 Å². The van der Waals surface area contributed by atoms with Crippen molar-refractivity contribution >= 4 is 51.6 Å². The lowest BCUT2D eigenvalue weighted by atomic mass is 10.1. The molecule has 0 saturated carbocycles. The van der Waals surface area contributed by atoms with Crippen molar-refractivity contribution in [3.63, 3.8) is 0 Å². The molecule has 2 N–H and O–H groups in total. The molecule has 2 aromatic carbocycles. The molecule has 0 aliphatic rings. The van der Waals surface area contributed by atoms with Gasteiger partial charge in [0.05, 0.1) is 17.5 Å². The normalized spacial score (nSPS) is 11.8. The molecule has 35 heavy (non-hydrogen) atoms. The molecule has 0 aliphatic carbocycles. The van der Waals surface area contributed by atoms with Gasteiger partial charge in [-0.1, -0.05) is 59.8 Å². The van der Waals surface area contributed by atoms with Gasteiger partial charge in [-0.2, -0.15) is 0 Å². The van der Waals surface area contributed by atoms with E-state index in [1.54, 1.807) is 35.9 Å². The van der Waals surface area contributed by atoms with Crippen molar-refractivity contribution in [1.82, 2.24) is 25.1 Å². The second kappa shape index (κ2) is 11.0. The summed E-state index contributed by atoms with van der Waals surface area (Å²) in [7, 11) is 1.80. The highest BCUT2D eigenvalue weighted by Crippen LogP contribution is 2.30. The lowest BCUT2D eigenvalue weighted by Crippen LogP contribution is -2.28. The van der Waals surface area contributed by atoms with Crippen molar-refractivity contribution in [3.8, 4) is 11.3 Å². The van der Waals surface area contributed by atoms with Gasteiger partial charge in [0.2, 0.25) is 5.91 Å². The maximum absolute atomic E-state index is 12.5. The Balaban J connectivity index is 1.34. The van der Waals surface area contributed by atoms with Crippen LogP contribution < -0.4 is 10.6 Å². The summed E-state index contributed by atoms with van der Waals surface area (Å²) in [6, 6.07) is 16.2. The number of aryl methyl sites for hydroxylation is 1. The number of halogens is 1. The summed E-state index contributed by atoms with van der Waals surface area (Å²) in [4.78, 5) is 30.7. The lowest BCUT2D eigenvalue weighted by molar-refractivity contribution is -0.113. The third-order valence-corrected chi connectivity index (χ3v) is 7.25. The molecule has 0 spiro atoms. The number of thiazole rings is 1. The zero-order valence-electron chi connectivity index (χ0n) is 19.3. The first kappa shape index (κ1) is 24.9. The quantitative estimate of drug-likeness (QED) is 0.309. The van der Waals surface area contributed by atoms with Crippen LogP contribution in [0.4, 0.5) is 5.13 Å². The van der Waals surface area contributed by atoms with E-state index >= 15 is 0 Å². The summed E-state index contributed by atoms with van der Waals surface area (Å²) in [6.45, 7) is 3.81. The van der Waals surface area contributed by atoms with Gasteiger partial charge in [0.15, 0.2) is 16.1 Å². The molecule has 4 aromatic rings. The molecule has 2 aromatic heterocycles. The number of nitrogens with one attached hydrogen (secondary N) is 2. The number of hydrogen-bond acceptors (Lipinski definition) is 7. The molecule has 1 atom stereocenters. The monoisotopic (exact) mass is 526 g/mol. The molecular formula is C24H23ClN6O2S2. The van der Waals surface area contributed by atoms with Crippen molar-refractivity contribution in [1.29, 1.82) is 0 Å². The van der Waals surface area contributed by atoms with Crippen LogP contribution in [0.15, 0.2) is 59.8 Å². The highest BCUT2D eigenvalue weighted by Gasteiger charge is 2.19. The maximum atomic E-state index is 12.5. The number of carbonyl (C=O) groups is 2. The number of rotatable bonds is 8. The third kappa shape index (κ3) is 6.08. The highest BCUT2D eigenvalue weighted by molar-refractivity contribution is 7.99. The van der Waals surface area contributed by atoms with Gasteiger partial charge >= 0.3 is 0 Å². The van der Waals surface area contributed by atoms with E-state index in [0.29, 0.717) is 26.7 Å². The Kier molecular flexibility index (Phi) is 7.84. The van der Waals surface area contributed by atoms with Gasteiger partial charge in [0, 0.05) is 28.1 Å². The van der Waals surface area contributed by atoms with E-state index < -0.39 is 6.04 Å². The van der Waals surface area contributed by atoms with E-state index in [1.807, 2.05) is 44.2 Å². The first-order valence-electron chi connectivity index (χ1n) is 10.7. The fourth-order valence-corrected chi connectivity index (χ4v) is 5.16. The first-order valence-corrected chi connectivity index (χ1v) is 12.9. The summed E-state index contributed by atoms with van der Waals surface area (Å²) in [5.74, 6) is 0.279. The molecule has 2 heterocycles. The topological polar surface area (TPSA) is 102 Å².